The van der Waals surface area contributed by atoms with E-state index in [0.717, 1.165) is 5.56 Å². The number of rotatable bonds is 4. The van der Waals surface area contributed by atoms with Gasteiger partial charge in [-0.05, 0) is 48.4 Å². The standard InChI is InChI=1S/C15H13N3O3/c1-11-8-9-16-14(10-11)17-15(19)7-4-12-2-5-13(6-3-12)18(20)21/h2-10H,1H3,(H,16,17,19). The number of carbonyl (C=O) groups is 1. The topological polar surface area (TPSA) is 85.1 Å². The average molecular weight is 283 g/mol. The van der Waals surface area contributed by atoms with E-state index in [1.165, 1.54) is 18.2 Å². The molecule has 1 amide bonds. The molecular weight excluding hydrogens is 270 g/mol. The van der Waals surface area contributed by atoms with Gasteiger partial charge in [0.15, 0.2) is 0 Å². The fourth-order valence-corrected chi connectivity index (χ4v) is 1.65. The molecule has 21 heavy (non-hydrogen) atoms. The summed E-state index contributed by atoms with van der Waals surface area (Å²) >= 11 is 0. The number of hydrogen-bond acceptors (Lipinski definition) is 4. The lowest BCUT2D eigenvalue weighted by Crippen LogP contribution is -2.09. The van der Waals surface area contributed by atoms with Crippen molar-refractivity contribution in [3.05, 3.63) is 69.9 Å². The van der Waals surface area contributed by atoms with Crippen molar-refractivity contribution in [3.8, 4) is 0 Å². The Balaban J connectivity index is 2.00. The van der Waals surface area contributed by atoms with Gasteiger partial charge in [-0.1, -0.05) is 0 Å². The SMILES string of the molecule is Cc1ccnc(NC(=O)C=Cc2ccc([N+](=O)[O-])cc2)c1. The molecule has 1 heterocycles. The number of nitro groups is 1. The number of hydrogen-bond donors (Lipinski definition) is 1. The molecule has 0 radical (unpaired) electrons. The third-order valence-corrected chi connectivity index (χ3v) is 2.70. The van der Waals surface area contributed by atoms with Crippen LogP contribution in [0.3, 0.4) is 0 Å². The molecule has 1 aromatic carbocycles. The van der Waals surface area contributed by atoms with E-state index in [-0.39, 0.29) is 11.6 Å². The maximum atomic E-state index is 11.7. The van der Waals surface area contributed by atoms with Crippen LogP contribution in [0.15, 0.2) is 48.7 Å². The molecule has 1 N–H and O–H groups in total. The van der Waals surface area contributed by atoms with Gasteiger partial charge < -0.3 is 5.32 Å². The molecule has 0 unspecified atom stereocenters. The summed E-state index contributed by atoms with van der Waals surface area (Å²) in [4.78, 5) is 25.8. The lowest BCUT2D eigenvalue weighted by atomic mass is 10.2. The third kappa shape index (κ3) is 4.24. The molecule has 0 aliphatic heterocycles. The zero-order valence-corrected chi connectivity index (χ0v) is 11.3. The van der Waals surface area contributed by atoms with Gasteiger partial charge in [0, 0.05) is 24.4 Å². The molecule has 1 aromatic heterocycles. The molecule has 0 aliphatic rings. The van der Waals surface area contributed by atoms with E-state index in [2.05, 4.69) is 10.3 Å². The van der Waals surface area contributed by atoms with Crippen LogP contribution in [0.4, 0.5) is 11.5 Å². The highest BCUT2D eigenvalue weighted by atomic mass is 16.6. The van der Waals surface area contributed by atoms with Crippen LogP contribution in [0.1, 0.15) is 11.1 Å². The van der Waals surface area contributed by atoms with E-state index in [4.69, 9.17) is 0 Å². The summed E-state index contributed by atoms with van der Waals surface area (Å²) in [5, 5.41) is 13.2. The highest BCUT2D eigenvalue weighted by Crippen LogP contribution is 2.13. The van der Waals surface area contributed by atoms with Gasteiger partial charge in [0.05, 0.1) is 4.92 Å². The summed E-state index contributed by atoms with van der Waals surface area (Å²) in [5.41, 5.74) is 1.72. The Hall–Kier alpha value is -3.02. The predicted molar refractivity (Wildman–Crippen MR) is 79.7 cm³/mol. The summed E-state index contributed by atoms with van der Waals surface area (Å²) < 4.78 is 0. The molecule has 0 spiro atoms. The summed E-state index contributed by atoms with van der Waals surface area (Å²) in [6.07, 6.45) is 4.55. The second kappa shape index (κ2) is 6.42. The van der Waals surface area contributed by atoms with E-state index in [9.17, 15) is 14.9 Å². The van der Waals surface area contributed by atoms with E-state index in [0.29, 0.717) is 11.4 Å². The number of carbonyl (C=O) groups excluding carboxylic acids is 1. The first-order chi connectivity index (χ1) is 10.0. The number of non-ortho nitro benzene ring substituents is 1. The van der Waals surface area contributed by atoms with Gasteiger partial charge in [-0.25, -0.2) is 4.98 Å². The number of nitro benzene ring substituents is 1. The first-order valence-corrected chi connectivity index (χ1v) is 6.21. The molecule has 0 bridgehead atoms. The van der Waals surface area contributed by atoms with Crippen molar-refractivity contribution in [1.82, 2.24) is 4.98 Å². The van der Waals surface area contributed by atoms with E-state index >= 15 is 0 Å². The molecule has 0 saturated carbocycles. The van der Waals surface area contributed by atoms with Gasteiger partial charge in [-0.2, -0.15) is 0 Å². The van der Waals surface area contributed by atoms with Crippen molar-refractivity contribution in [1.29, 1.82) is 0 Å². The molecule has 0 atom stereocenters. The molecular formula is C15H13N3O3. The van der Waals surface area contributed by atoms with Crippen LogP contribution < -0.4 is 5.32 Å². The predicted octanol–water partition coefficient (Wildman–Crippen LogP) is 2.95. The highest BCUT2D eigenvalue weighted by molar-refractivity contribution is 6.01. The Morgan fingerprint density at radius 1 is 1.29 bits per heavy atom. The number of benzene rings is 1. The normalized spacial score (nSPS) is 10.5. The first kappa shape index (κ1) is 14.4. The van der Waals surface area contributed by atoms with Gasteiger partial charge in [-0.15, -0.1) is 0 Å². The lowest BCUT2D eigenvalue weighted by molar-refractivity contribution is -0.384. The van der Waals surface area contributed by atoms with Gasteiger partial charge in [0.1, 0.15) is 5.82 Å². The molecule has 6 nitrogen and oxygen atoms in total. The van der Waals surface area contributed by atoms with E-state index in [1.807, 2.05) is 13.0 Å². The maximum Gasteiger partial charge on any atom is 0.269 e. The molecule has 106 valence electrons. The minimum Gasteiger partial charge on any atom is -0.307 e. The number of nitrogens with zero attached hydrogens (tertiary/aromatic N) is 2. The molecule has 2 rings (SSSR count). The molecule has 0 saturated heterocycles. The Morgan fingerprint density at radius 2 is 2.00 bits per heavy atom. The minimum absolute atomic E-state index is 0.0144. The third-order valence-electron chi connectivity index (χ3n) is 2.70. The second-order valence-electron chi connectivity index (χ2n) is 4.39. The first-order valence-electron chi connectivity index (χ1n) is 6.21. The van der Waals surface area contributed by atoms with Gasteiger partial charge in [0.2, 0.25) is 5.91 Å². The fraction of sp³-hybridized carbons (Fsp3) is 0.0667. The molecule has 2 aromatic rings. The number of anilines is 1. The molecule has 0 aliphatic carbocycles. The molecule has 6 heteroatoms. The fourth-order valence-electron chi connectivity index (χ4n) is 1.65. The summed E-state index contributed by atoms with van der Waals surface area (Å²) in [7, 11) is 0. The summed E-state index contributed by atoms with van der Waals surface area (Å²) in [6.45, 7) is 1.91. The van der Waals surface area contributed by atoms with Crippen molar-refractivity contribution in [3.63, 3.8) is 0 Å². The smallest absolute Gasteiger partial charge is 0.269 e. The van der Waals surface area contributed by atoms with Crippen molar-refractivity contribution in [2.24, 2.45) is 0 Å². The van der Waals surface area contributed by atoms with E-state index < -0.39 is 4.92 Å². The van der Waals surface area contributed by atoms with Crippen LogP contribution in [0.2, 0.25) is 0 Å². The van der Waals surface area contributed by atoms with Crippen LogP contribution in [-0.2, 0) is 4.79 Å². The van der Waals surface area contributed by atoms with Crippen LogP contribution in [0, 0.1) is 17.0 Å². The minimum atomic E-state index is -0.469. The van der Waals surface area contributed by atoms with Gasteiger partial charge >= 0.3 is 0 Å². The number of aryl methyl sites for hydroxylation is 1. The zero-order valence-electron chi connectivity index (χ0n) is 11.3. The van der Waals surface area contributed by atoms with Crippen LogP contribution in [0.5, 0.6) is 0 Å². The highest BCUT2D eigenvalue weighted by Gasteiger charge is 2.03. The van der Waals surface area contributed by atoms with Crippen molar-refractivity contribution < 1.29 is 9.72 Å². The zero-order chi connectivity index (χ0) is 15.2. The largest absolute Gasteiger partial charge is 0.307 e. The average Bonchev–Trinajstić information content (AvgIpc) is 2.45. The van der Waals surface area contributed by atoms with Gasteiger partial charge in [-0.3, -0.25) is 14.9 Å². The van der Waals surface area contributed by atoms with Crippen molar-refractivity contribution in [2.45, 2.75) is 6.92 Å². The lowest BCUT2D eigenvalue weighted by Gasteiger charge is -2.01. The summed E-state index contributed by atoms with van der Waals surface area (Å²) in [5.74, 6) is 0.166. The quantitative estimate of drug-likeness (QED) is 0.531. The van der Waals surface area contributed by atoms with Crippen LogP contribution in [-0.4, -0.2) is 15.8 Å². The number of amides is 1. The van der Waals surface area contributed by atoms with Crippen LogP contribution in [0.25, 0.3) is 6.08 Å². The summed E-state index contributed by atoms with van der Waals surface area (Å²) in [6, 6.07) is 9.53. The Bertz CT molecular complexity index is 694. The van der Waals surface area contributed by atoms with Crippen molar-refractivity contribution >= 4 is 23.5 Å². The monoisotopic (exact) mass is 283 g/mol. The number of aromatic nitrogens is 1. The second-order valence-corrected chi connectivity index (χ2v) is 4.39. The van der Waals surface area contributed by atoms with E-state index in [1.54, 1.807) is 30.5 Å². The Morgan fingerprint density at radius 3 is 2.62 bits per heavy atom. The molecule has 0 fully saturated rings. The van der Waals surface area contributed by atoms with Gasteiger partial charge in [0.25, 0.3) is 5.69 Å². The van der Waals surface area contributed by atoms with Crippen molar-refractivity contribution in [2.75, 3.05) is 5.32 Å². The Kier molecular flexibility index (Phi) is 4.40. The number of pyridine rings is 1. The number of nitrogens with one attached hydrogen (secondary N) is 1. The van der Waals surface area contributed by atoms with Crippen LogP contribution >= 0.6 is 0 Å². The Labute approximate surface area is 121 Å². The maximum absolute atomic E-state index is 11.7.